The molecule has 0 nitrogen and oxygen atoms in total. The summed E-state index contributed by atoms with van der Waals surface area (Å²) in [5, 5.41) is 17.4. The van der Waals surface area contributed by atoms with Crippen LogP contribution in [0.5, 0.6) is 0 Å². The lowest BCUT2D eigenvalue weighted by atomic mass is 9.93. The molecule has 266 valence electrons. The van der Waals surface area contributed by atoms with Crippen LogP contribution in [-0.4, -0.2) is 12.6 Å². The normalized spacial score (nSPS) is 13.8. The van der Waals surface area contributed by atoms with E-state index in [4.69, 9.17) is 12.6 Å². The molecule has 0 aliphatic heterocycles. The minimum Gasteiger partial charge on any atom is -0.0887 e. The van der Waals surface area contributed by atoms with Gasteiger partial charge in [-0.1, -0.05) is 219 Å². The van der Waals surface area contributed by atoms with Crippen molar-refractivity contribution in [2.24, 2.45) is 0 Å². The average molecular weight is 751 g/mol. The Kier molecular flexibility index (Phi) is 8.49. The standard InChI is InChI=1S/C54H40P2/c1-55(45-23-5-3-6-24-45,47-33-29-39-17-9-11-21-43(39)37-47)51-35-31-41-19-13-15-27-49(41)53(51)54-50-28-16-14-20-42(50)32-36-52(54)56(2,46-25-7-4-8-26-46)48-34-30-40-18-10-12-22-44(40)38-48/h3-38H,1-2H2. The van der Waals surface area contributed by atoms with Crippen LogP contribution in [0.3, 0.4) is 0 Å². The second kappa shape index (κ2) is 13.8. The third-order valence-corrected chi connectivity index (χ3v) is 18.7. The van der Waals surface area contributed by atoms with Gasteiger partial charge in [0.15, 0.2) is 0 Å². The van der Waals surface area contributed by atoms with Gasteiger partial charge in [0, 0.05) is 0 Å². The Balaban J connectivity index is 1.38. The maximum Gasteiger partial charge on any atom is -0.000960 e. The zero-order valence-electron chi connectivity index (χ0n) is 31.1. The lowest BCUT2D eigenvalue weighted by Gasteiger charge is -2.34. The van der Waals surface area contributed by atoms with Gasteiger partial charge in [0.1, 0.15) is 0 Å². The molecule has 0 amide bonds. The van der Waals surface area contributed by atoms with Crippen LogP contribution in [0.15, 0.2) is 218 Å². The molecule has 0 radical (unpaired) electrons. The first kappa shape index (κ1) is 34.3. The molecule has 2 heteroatoms. The minimum absolute atomic E-state index is 1.21. The first-order valence-electron chi connectivity index (χ1n) is 19.2. The third kappa shape index (κ3) is 5.52. The van der Waals surface area contributed by atoms with E-state index >= 15 is 0 Å². The van der Waals surface area contributed by atoms with E-state index in [1.165, 1.54) is 86.0 Å². The largest absolute Gasteiger partial charge is 0.0887 e. The highest BCUT2D eigenvalue weighted by molar-refractivity contribution is 7.94. The van der Waals surface area contributed by atoms with Crippen LogP contribution in [0.1, 0.15) is 0 Å². The van der Waals surface area contributed by atoms with Crippen molar-refractivity contribution in [1.82, 2.24) is 0 Å². The highest BCUT2D eigenvalue weighted by atomic mass is 31.2. The van der Waals surface area contributed by atoms with E-state index in [2.05, 4.69) is 218 Å². The summed E-state index contributed by atoms with van der Waals surface area (Å²) >= 11 is 0. The van der Waals surface area contributed by atoms with Crippen LogP contribution >= 0.6 is 13.8 Å². The van der Waals surface area contributed by atoms with Crippen molar-refractivity contribution in [2.75, 3.05) is 0 Å². The Hall–Kier alpha value is -6.16. The molecular formula is C54H40P2. The molecule has 10 aromatic rings. The average Bonchev–Trinajstić information content (AvgIpc) is 3.28. The fraction of sp³-hybridized carbons (Fsp3) is 0. The summed E-state index contributed by atoms with van der Waals surface area (Å²) in [6.07, 6.45) is 10.8. The van der Waals surface area contributed by atoms with E-state index < -0.39 is 13.8 Å². The molecule has 56 heavy (non-hydrogen) atoms. The second-order valence-corrected chi connectivity index (χ2v) is 21.0. The summed E-state index contributed by atoms with van der Waals surface area (Å²) in [5.74, 6) is 0. The maximum atomic E-state index is 5.41. The van der Waals surface area contributed by atoms with Crippen molar-refractivity contribution in [3.05, 3.63) is 218 Å². The fourth-order valence-corrected chi connectivity index (χ4v) is 15.1. The molecule has 10 rings (SSSR count). The van der Waals surface area contributed by atoms with Gasteiger partial charge in [-0.3, -0.25) is 0 Å². The Morgan fingerprint density at radius 1 is 0.250 bits per heavy atom. The van der Waals surface area contributed by atoms with Crippen LogP contribution in [0, 0.1) is 0 Å². The summed E-state index contributed by atoms with van der Waals surface area (Å²) in [6, 6.07) is 80.7. The third-order valence-electron chi connectivity index (χ3n) is 11.6. The van der Waals surface area contributed by atoms with E-state index in [0.29, 0.717) is 0 Å². The summed E-state index contributed by atoms with van der Waals surface area (Å²) in [4.78, 5) is 0. The van der Waals surface area contributed by atoms with Crippen molar-refractivity contribution in [2.45, 2.75) is 0 Å². The molecule has 0 saturated carbocycles. The Morgan fingerprint density at radius 3 is 0.982 bits per heavy atom. The van der Waals surface area contributed by atoms with Gasteiger partial charge in [0.05, 0.1) is 0 Å². The molecule has 0 N–H and O–H groups in total. The number of fused-ring (bicyclic) bond motifs is 4. The van der Waals surface area contributed by atoms with Crippen LogP contribution in [0.25, 0.3) is 54.2 Å². The van der Waals surface area contributed by atoms with E-state index in [1.54, 1.807) is 0 Å². The minimum atomic E-state index is -2.52. The topological polar surface area (TPSA) is 0 Å². The molecule has 2 unspecified atom stereocenters. The Bertz CT molecular complexity index is 2980. The van der Waals surface area contributed by atoms with Gasteiger partial charge in [-0.05, 0) is 112 Å². The van der Waals surface area contributed by atoms with Gasteiger partial charge in [-0.15, -0.1) is 0 Å². The van der Waals surface area contributed by atoms with Gasteiger partial charge in [-0.25, -0.2) is 0 Å². The van der Waals surface area contributed by atoms with Gasteiger partial charge < -0.3 is 0 Å². The number of benzene rings is 10. The van der Waals surface area contributed by atoms with Crippen molar-refractivity contribution in [3.8, 4) is 11.1 Å². The summed E-state index contributed by atoms with van der Waals surface area (Å²) in [5.41, 5.74) is 2.50. The maximum absolute atomic E-state index is 5.41. The molecule has 0 bridgehead atoms. The predicted octanol–water partition coefficient (Wildman–Crippen LogP) is 11.4. The van der Waals surface area contributed by atoms with Gasteiger partial charge in [0.2, 0.25) is 0 Å². The van der Waals surface area contributed by atoms with Crippen LogP contribution in [-0.2, 0) is 0 Å². The SMILES string of the molecule is C=P(c1ccccc1)(c1ccc2ccccc2c1)c1ccc2ccccc2c1-c1c(P(=C)(c2ccccc2)c2ccc3ccccc3c2)ccc2ccccc12. The zero-order chi connectivity index (χ0) is 37.7. The van der Waals surface area contributed by atoms with E-state index in [1.807, 2.05) is 0 Å². The zero-order valence-corrected chi connectivity index (χ0v) is 32.9. The molecule has 0 aromatic heterocycles. The lowest BCUT2D eigenvalue weighted by molar-refractivity contribution is 1.72. The van der Waals surface area contributed by atoms with Crippen LogP contribution < -0.4 is 31.8 Å². The lowest BCUT2D eigenvalue weighted by Crippen LogP contribution is -2.30. The second-order valence-electron chi connectivity index (χ2n) is 14.7. The van der Waals surface area contributed by atoms with E-state index in [0.717, 1.165) is 0 Å². The smallest absolute Gasteiger partial charge is 0.000960 e. The van der Waals surface area contributed by atoms with E-state index in [-0.39, 0.29) is 0 Å². The molecule has 0 aliphatic carbocycles. The predicted molar refractivity (Wildman–Crippen MR) is 254 cm³/mol. The summed E-state index contributed by atoms with van der Waals surface area (Å²) < 4.78 is 0. The number of hydrogen-bond donors (Lipinski definition) is 0. The molecular weight excluding hydrogens is 711 g/mol. The monoisotopic (exact) mass is 750 g/mol. The first-order valence-corrected chi connectivity index (χ1v) is 23.1. The number of hydrogen-bond acceptors (Lipinski definition) is 0. The Morgan fingerprint density at radius 2 is 0.571 bits per heavy atom. The number of rotatable bonds is 7. The highest BCUT2D eigenvalue weighted by Gasteiger charge is 2.32. The van der Waals surface area contributed by atoms with Crippen molar-refractivity contribution < 1.29 is 0 Å². The van der Waals surface area contributed by atoms with Gasteiger partial charge >= 0.3 is 0 Å². The van der Waals surface area contributed by atoms with Crippen molar-refractivity contribution >= 4 is 101 Å². The molecule has 0 spiro atoms. The molecule has 0 fully saturated rings. The van der Waals surface area contributed by atoms with Crippen molar-refractivity contribution in [3.63, 3.8) is 0 Å². The first-order chi connectivity index (χ1) is 27.5. The highest BCUT2D eigenvalue weighted by Crippen LogP contribution is 2.51. The van der Waals surface area contributed by atoms with Gasteiger partial charge in [0.25, 0.3) is 0 Å². The molecule has 2 atom stereocenters. The molecule has 0 saturated heterocycles. The van der Waals surface area contributed by atoms with Gasteiger partial charge in [-0.2, -0.15) is 0 Å². The Labute approximate surface area is 329 Å². The molecule has 10 aromatic carbocycles. The summed E-state index contributed by atoms with van der Waals surface area (Å²) in [6.45, 7) is -5.05. The van der Waals surface area contributed by atoms with E-state index in [9.17, 15) is 0 Å². The molecule has 0 aliphatic rings. The molecule has 0 heterocycles. The summed E-state index contributed by atoms with van der Waals surface area (Å²) in [7, 11) is 0. The fourth-order valence-electron chi connectivity index (χ4n) is 8.73. The van der Waals surface area contributed by atoms with Crippen LogP contribution in [0.2, 0.25) is 0 Å². The van der Waals surface area contributed by atoms with Crippen molar-refractivity contribution in [1.29, 1.82) is 0 Å². The quantitative estimate of drug-likeness (QED) is 0.142. The van der Waals surface area contributed by atoms with Crippen LogP contribution in [0.4, 0.5) is 0 Å².